The first kappa shape index (κ1) is 21.2. The Morgan fingerprint density at radius 2 is 1.52 bits per heavy atom. The predicted octanol–water partition coefficient (Wildman–Crippen LogP) is 4.29. The van der Waals surface area contributed by atoms with E-state index < -0.39 is 12.1 Å². The molecule has 0 aliphatic rings. The lowest BCUT2D eigenvalue weighted by molar-refractivity contribution is -0.0496. The first-order valence-electron chi connectivity index (χ1n) is 8.06. The molecule has 0 saturated carbocycles. The van der Waals surface area contributed by atoms with E-state index >= 15 is 0 Å². The highest BCUT2D eigenvalue weighted by Gasteiger charge is 2.29. The molecule has 1 amide bonds. The Morgan fingerprint density at radius 1 is 1.12 bits per heavy atom. The molecule has 1 aromatic rings. The van der Waals surface area contributed by atoms with Crippen LogP contribution in [0.2, 0.25) is 0 Å². The summed E-state index contributed by atoms with van der Waals surface area (Å²) in [5, 5.41) is 32.1. The van der Waals surface area contributed by atoms with Gasteiger partial charge in [-0.25, -0.2) is 9.86 Å². The van der Waals surface area contributed by atoms with Gasteiger partial charge >= 0.3 is 6.09 Å². The highest BCUT2D eigenvalue weighted by Crippen LogP contribution is 2.41. The number of phenols is 1. The molecule has 4 N–H and O–H groups in total. The van der Waals surface area contributed by atoms with E-state index in [2.05, 4.69) is 0 Å². The molecule has 140 valence electrons. The van der Waals surface area contributed by atoms with Crippen LogP contribution in [0.25, 0.3) is 0 Å². The molecule has 0 spiro atoms. The Balaban J connectivity index is 3.45. The van der Waals surface area contributed by atoms with Gasteiger partial charge in [-0.05, 0) is 58.8 Å². The van der Waals surface area contributed by atoms with E-state index in [4.69, 9.17) is 17.3 Å². The SMILES string of the molecule is CC(c1cc(C(C)(C)C)c(O)c(C(C)(C)C)c1)N(O)C(=S)NC(=O)O. The first-order valence-corrected chi connectivity index (χ1v) is 8.47. The molecule has 0 aromatic heterocycles. The molecule has 1 rings (SSSR count). The monoisotopic (exact) mass is 368 g/mol. The summed E-state index contributed by atoms with van der Waals surface area (Å²) in [7, 11) is 0. The minimum Gasteiger partial charge on any atom is -0.507 e. The van der Waals surface area contributed by atoms with Gasteiger partial charge in [-0.2, -0.15) is 0 Å². The molecular formula is C18H28N2O4S. The second-order valence-electron chi connectivity index (χ2n) is 8.22. The zero-order valence-corrected chi connectivity index (χ0v) is 16.7. The number of nitrogens with zero attached hydrogens (tertiary/aromatic N) is 1. The predicted molar refractivity (Wildman–Crippen MR) is 101 cm³/mol. The molecule has 0 aliphatic heterocycles. The maximum Gasteiger partial charge on any atom is 0.410 e. The summed E-state index contributed by atoms with van der Waals surface area (Å²) in [5.41, 5.74) is 1.63. The molecule has 0 heterocycles. The smallest absolute Gasteiger partial charge is 0.410 e. The maximum atomic E-state index is 10.7. The number of aromatic hydroxyl groups is 1. The minimum absolute atomic E-state index is 0.242. The van der Waals surface area contributed by atoms with Gasteiger partial charge in [-0.1, -0.05) is 41.5 Å². The van der Waals surface area contributed by atoms with Gasteiger partial charge in [0.05, 0.1) is 6.04 Å². The number of nitrogens with one attached hydrogen (secondary N) is 1. The fourth-order valence-corrected chi connectivity index (χ4v) is 2.75. The Kier molecular flexibility index (Phi) is 6.08. The number of carbonyl (C=O) groups is 1. The molecule has 0 aliphatic carbocycles. The van der Waals surface area contributed by atoms with Crippen LogP contribution in [0, 0.1) is 0 Å². The topological polar surface area (TPSA) is 93.0 Å². The maximum absolute atomic E-state index is 10.7. The lowest BCUT2D eigenvalue weighted by Gasteiger charge is -2.31. The fraction of sp³-hybridized carbons (Fsp3) is 0.556. The van der Waals surface area contributed by atoms with Crippen LogP contribution in [0.3, 0.4) is 0 Å². The Hall–Kier alpha value is -1.86. The van der Waals surface area contributed by atoms with Gasteiger partial charge in [-0.3, -0.25) is 10.5 Å². The number of benzene rings is 1. The Labute approximate surface area is 154 Å². The molecule has 0 saturated heterocycles. The highest BCUT2D eigenvalue weighted by molar-refractivity contribution is 7.80. The third-order valence-electron chi connectivity index (χ3n) is 4.02. The zero-order valence-electron chi connectivity index (χ0n) is 15.8. The van der Waals surface area contributed by atoms with Crippen LogP contribution < -0.4 is 5.32 Å². The van der Waals surface area contributed by atoms with Crippen LogP contribution >= 0.6 is 12.2 Å². The largest absolute Gasteiger partial charge is 0.507 e. The van der Waals surface area contributed by atoms with Crippen LogP contribution in [0.15, 0.2) is 12.1 Å². The van der Waals surface area contributed by atoms with Gasteiger partial charge in [-0.15, -0.1) is 0 Å². The number of thiocarbonyl (C=S) groups is 1. The van der Waals surface area contributed by atoms with Gasteiger partial charge in [0.25, 0.3) is 0 Å². The molecule has 1 aromatic carbocycles. The van der Waals surface area contributed by atoms with E-state index in [1.807, 2.05) is 59.0 Å². The van der Waals surface area contributed by atoms with Crippen LogP contribution in [0.4, 0.5) is 4.79 Å². The third-order valence-corrected chi connectivity index (χ3v) is 4.31. The van der Waals surface area contributed by atoms with E-state index in [1.54, 1.807) is 6.92 Å². The van der Waals surface area contributed by atoms with Crippen LogP contribution in [0.1, 0.15) is 71.2 Å². The van der Waals surface area contributed by atoms with Crippen molar-refractivity contribution in [3.05, 3.63) is 28.8 Å². The number of hydrogen-bond donors (Lipinski definition) is 4. The van der Waals surface area contributed by atoms with Crippen molar-refractivity contribution >= 4 is 23.4 Å². The number of carboxylic acid groups (broad SMARTS) is 1. The minimum atomic E-state index is -1.34. The van der Waals surface area contributed by atoms with Crippen LogP contribution in [-0.4, -0.2) is 31.7 Å². The second kappa shape index (κ2) is 7.17. The van der Waals surface area contributed by atoms with Crippen LogP contribution in [-0.2, 0) is 10.8 Å². The first-order chi connectivity index (χ1) is 11.2. The van der Waals surface area contributed by atoms with E-state index in [0.29, 0.717) is 5.06 Å². The molecule has 1 atom stereocenters. The van der Waals surface area contributed by atoms with Crippen molar-refractivity contribution in [3.63, 3.8) is 0 Å². The molecule has 0 bridgehead atoms. The van der Waals surface area contributed by atoms with Crippen molar-refractivity contribution in [2.75, 3.05) is 0 Å². The lowest BCUT2D eigenvalue weighted by Crippen LogP contribution is -2.41. The number of phenolic OH excluding ortho intramolecular Hbond substituents is 1. The summed E-state index contributed by atoms with van der Waals surface area (Å²) in [6.45, 7) is 13.7. The van der Waals surface area contributed by atoms with Crippen molar-refractivity contribution in [3.8, 4) is 5.75 Å². The third kappa shape index (κ3) is 5.06. The normalized spacial score (nSPS) is 13.3. The van der Waals surface area contributed by atoms with Crippen molar-refractivity contribution < 1.29 is 20.2 Å². The van der Waals surface area contributed by atoms with Crippen LogP contribution in [0.5, 0.6) is 5.75 Å². The molecule has 6 nitrogen and oxygen atoms in total. The van der Waals surface area contributed by atoms with Crippen molar-refractivity contribution in [2.24, 2.45) is 0 Å². The molecule has 0 fully saturated rings. The summed E-state index contributed by atoms with van der Waals surface area (Å²) in [4.78, 5) is 10.7. The highest BCUT2D eigenvalue weighted by atomic mass is 32.1. The number of hydrogen-bond acceptors (Lipinski definition) is 4. The Morgan fingerprint density at radius 3 is 1.84 bits per heavy atom. The van der Waals surface area contributed by atoms with E-state index in [1.165, 1.54) is 0 Å². The van der Waals surface area contributed by atoms with Gasteiger partial charge in [0.2, 0.25) is 5.11 Å². The summed E-state index contributed by atoms with van der Waals surface area (Å²) in [6.07, 6.45) is -1.34. The Bertz CT molecular complexity index is 640. The number of rotatable bonds is 2. The molecule has 7 heteroatoms. The molecule has 0 radical (unpaired) electrons. The van der Waals surface area contributed by atoms with Gasteiger partial charge in [0.15, 0.2) is 0 Å². The van der Waals surface area contributed by atoms with Crippen molar-refractivity contribution in [2.45, 2.75) is 65.3 Å². The number of amides is 1. The lowest BCUT2D eigenvalue weighted by atomic mass is 9.78. The summed E-state index contributed by atoms with van der Waals surface area (Å²) >= 11 is 4.90. The molecular weight excluding hydrogens is 340 g/mol. The van der Waals surface area contributed by atoms with Crippen molar-refractivity contribution in [1.29, 1.82) is 0 Å². The number of hydroxylamine groups is 2. The van der Waals surface area contributed by atoms with Gasteiger partial charge in [0.1, 0.15) is 5.75 Å². The van der Waals surface area contributed by atoms with E-state index in [-0.39, 0.29) is 21.7 Å². The standard InChI is InChI=1S/C18H28N2O4S/c1-10(20(24)15(25)19-16(22)23)11-8-12(17(2,3)4)14(21)13(9-11)18(5,6)7/h8-10,21,24H,1-7H3,(H,19,25)(H,22,23). The van der Waals surface area contributed by atoms with Gasteiger partial charge < -0.3 is 10.2 Å². The summed E-state index contributed by atoms with van der Waals surface area (Å²) < 4.78 is 0. The average Bonchev–Trinajstić information content (AvgIpc) is 2.42. The fourth-order valence-electron chi connectivity index (χ4n) is 2.51. The molecule has 25 heavy (non-hydrogen) atoms. The summed E-state index contributed by atoms with van der Waals surface area (Å²) in [5.74, 6) is 0.242. The van der Waals surface area contributed by atoms with Gasteiger partial charge in [0, 0.05) is 0 Å². The second-order valence-corrected chi connectivity index (χ2v) is 8.61. The van der Waals surface area contributed by atoms with E-state index in [0.717, 1.165) is 16.7 Å². The summed E-state index contributed by atoms with van der Waals surface area (Å²) in [6, 6.07) is 3.05. The van der Waals surface area contributed by atoms with E-state index in [9.17, 15) is 15.1 Å². The quantitative estimate of drug-likeness (QED) is 0.460. The zero-order chi connectivity index (χ0) is 19.7. The molecule has 1 unspecified atom stereocenters. The van der Waals surface area contributed by atoms with Crippen molar-refractivity contribution in [1.82, 2.24) is 10.4 Å². The average molecular weight is 368 g/mol.